The van der Waals surface area contributed by atoms with E-state index < -0.39 is 11.4 Å². The molecular weight excluding hydrogens is 240 g/mol. The van der Waals surface area contributed by atoms with Crippen LogP contribution in [0.2, 0.25) is 0 Å². The average Bonchev–Trinajstić information content (AvgIpc) is 2.27. The number of piperidine rings is 1. The number of primary amides is 1. The Morgan fingerprint density at radius 3 is 2.41 bits per heavy atom. The molecule has 1 amide bonds. The molecule has 98 valence electrons. The number of alkyl halides is 1. The molecule has 0 aromatic carbocycles. The fourth-order valence-corrected chi connectivity index (χ4v) is 2.02. The molecule has 0 bridgehead atoms. The maximum absolute atomic E-state index is 11.3. The van der Waals surface area contributed by atoms with Gasteiger partial charge in [-0.25, -0.2) is 4.99 Å². The third kappa shape index (κ3) is 3.85. The molecular formula is C11H21ClN4O. The molecule has 1 unspecified atom stereocenters. The van der Waals surface area contributed by atoms with Crippen molar-refractivity contribution in [2.24, 2.45) is 21.9 Å². The summed E-state index contributed by atoms with van der Waals surface area (Å²) >= 11 is 5.78. The molecule has 1 aliphatic heterocycles. The average molecular weight is 261 g/mol. The van der Waals surface area contributed by atoms with Crippen molar-refractivity contribution < 1.29 is 4.79 Å². The molecule has 0 spiro atoms. The van der Waals surface area contributed by atoms with Crippen molar-refractivity contribution in [3.05, 3.63) is 0 Å². The molecule has 17 heavy (non-hydrogen) atoms. The molecule has 1 heterocycles. The summed E-state index contributed by atoms with van der Waals surface area (Å²) in [5.74, 6) is -0.236. The predicted molar refractivity (Wildman–Crippen MR) is 69.9 cm³/mol. The van der Waals surface area contributed by atoms with Crippen LogP contribution < -0.4 is 11.5 Å². The molecule has 0 aliphatic carbocycles. The first-order valence-electron chi connectivity index (χ1n) is 5.85. The molecule has 1 rings (SSSR count). The van der Waals surface area contributed by atoms with Crippen LogP contribution in [-0.4, -0.2) is 41.8 Å². The second-order valence-corrected chi connectivity index (χ2v) is 5.52. The highest BCUT2D eigenvalue weighted by Gasteiger charge is 2.31. The second-order valence-electron chi connectivity index (χ2n) is 4.89. The number of nitrogens with two attached hydrogens (primary N) is 2. The van der Waals surface area contributed by atoms with Crippen LogP contribution in [0, 0.1) is 5.41 Å². The summed E-state index contributed by atoms with van der Waals surface area (Å²) in [7, 11) is 0. The van der Waals surface area contributed by atoms with Gasteiger partial charge in [-0.3, -0.25) is 4.79 Å². The summed E-state index contributed by atoms with van der Waals surface area (Å²) in [6.45, 7) is 6.03. The number of amidine groups is 1. The number of carbonyl (C=O) groups excluding carboxylic acids is 1. The summed E-state index contributed by atoms with van der Waals surface area (Å²) in [5, 5.41) is 0. The van der Waals surface area contributed by atoms with Gasteiger partial charge in [0, 0.05) is 13.1 Å². The van der Waals surface area contributed by atoms with Crippen molar-refractivity contribution in [3.8, 4) is 0 Å². The molecule has 0 aromatic rings. The van der Waals surface area contributed by atoms with Gasteiger partial charge < -0.3 is 16.4 Å². The van der Waals surface area contributed by atoms with Gasteiger partial charge in [-0.2, -0.15) is 0 Å². The van der Waals surface area contributed by atoms with E-state index in [9.17, 15) is 4.79 Å². The third-order valence-electron chi connectivity index (χ3n) is 3.28. The number of hydrogen-bond donors (Lipinski definition) is 2. The Balaban J connectivity index is 2.71. The molecule has 6 heteroatoms. The van der Waals surface area contributed by atoms with Crippen LogP contribution in [-0.2, 0) is 4.79 Å². The zero-order chi connectivity index (χ0) is 13.1. The van der Waals surface area contributed by atoms with Crippen LogP contribution in [0.1, 0.15) is 26.7 Å². The van der Waals surface area contributed by atoms with Gasteiger partial charge in [0.25, 0.3) is 5.91 Å². The number of carbonyl (C=O) groups is 1. The number of halogens is 1. The van der Waals surface area contributed by atoms with E-state index in [4.69, 9.17) is 23.1 Å². The van der Waals surface area contributed by atoms with Gasteiger partial charge in [-0.1, -0.05) is 18.5 Å². The van der Waals surface area contributed by atoms with E-state index in [2.05, 4.69) is 11.9 Å². The third-order valence-corrected chi connectivity index (χ3v) is 3.38. The summed E-state index contributed by atoms with van der Waals surface area (Å²) in [6, 6.07) is 0. The summed E-state index contributed by atoms with van der Waals surface area (Å²) in [5.41, 5.74) is 10.8. The number of likely N-dealkylation sites (tertiary alicyclic amines) is 1. The fraction of sp³-hybridized carbons (Fsp3) is 0.818. The minimum atomic E-state index is -0.520. The van der Waals surface area contributed by atoms with Crippen molar-refractivity contribution in [2.45, 2.75) is 32.2 Å². The van der Waals surface area contributed by atoms with Crippen molar-refractivity contribution in [1.29, 1.82) is 0 Å². The van der Waals surface area contributed by atoms with Gasteiger partial charge in [0.15, 0.2) is 5.84 Å². The van der Waals surface area contributed by atoms with Gasteiger partial charge >= 0.3 is 0 Å². The zero-order valence-electron chi connectivity index (χ0n) is 10.4. The first kappa shape index (κ1) is 14.3. The fourth-order valence-electron chi connectivity index (χ4n) is 1.93. The van der Waals surface area contributed by atoms with Crippen LogP contribution in [0.15, 0.2) is 4.99 Å². The molecule has 0 aromatic heterocycles. The standard InChI is InChI=1S/C11H21ClN4O/c1-8(12)15-10(9(14)17)16-5-3-11(2,7-13)4-6-16/h8H,3-7,13H2,1-2H3,(H2,14,17). The Kier molecular flexibility index (Phi) is 4.77. The topological polar surface area (TPSA) is 84.7 Å². The second kappa shape index (κ2) is 5.69. The molecule has 0 radical (unpaired) electrons. The number of hydrogen-bond acceptors (Lipinski definition) is 3. The molecule has 1 aliphatic rings. The SMILES string of the molecule is CC(Cl)N=C(C(N)=O)N1CCC(C)(CN)CC1. The number of amides is 1. The Morgan fingerprint density at radius 2 is 2.06 bits per heavy atom. The molecule has 1 atom stereocenters. The highest BCUT2D eigenvalue weighted by Crippen LogP contribution is 2.29. The Labute approximate surface area is 107 Å². The van der Waals surface area contributed by atoms with Gasteiger partial charge in [-0.05, 0) is 31.7 Å². The predicted octanol–water partition coefficient (Wildman–Crippen LogP) is 0.516. The molecule has 0 saturated carbocycles. The van der Waals surface area contributed by atoms with Crippen LogP contribution in [0.4, 0.5) is 0 Å². The van der Waals surface area contributed by atoms with Crippen molar-refractivity contribution in [1.82, 2.24) is 4.90 Å². The first-order valence-corrected chi connectivity index (χ1v) is 6.28. The lowest BCUT2D eigenvalue weighted by atomic mass is 9.80. The van der Waals surface area contributed by atoms with E-state index in [1.807, 2.05) is 4.90 Å². The van der Waals surface area contributed by atoms with E-state index in [0.717, 1.165) is 25.9 Å². The Morgan fingerprint density at radius 1 is 1.53 bits per heavy atom. The van der Waals surface area contributed by atoms with Gasteiger partial charge in [0.2, 0.25) is 0 Å². The summed E-state index contributed by atoms with van der Waals surface area (Å²) < 4.78 is 0. The smallest absolute Gasteiger partial charge is 0.284 e. The minimum absolute atomic E-state index is 0.159. The lowest BCUT2D eigenvalue weighted by molar-refractivity contribution is -0.112. The maximum atomic E-state index is 11.3. The minimum Gasteiger partial charge on any atom is -0.363 e. The van der Waals surface area contributed by atoms with Crippen molar-refractivity contribution in [2.75, 3.05) is 19.6 Å². The van der Waals surface area contributed by atoms with Gasteiger partial charge in [0.05, 0.1) is 0 Å². The lowest BCUT2D eigenvalue weighted by Crippen LogP contribution is -2.48. The van der Waals surface area contributed by atoms with Crippen LogP contribution >= 0.6 is 11.6 Å². The lowest BCUT2D eigenvalue weighted by Gasteiger charge is -2.39. The van der Waals surface area contributed by atoms with Gasteiger partial charge in [0.1, 0.15) is 5.50 Å². The highest BCUT2D eigenvalue weighted by molar-refractivity contribution is 6.38. The number of nitrogens with zero attached hydrogens (tertiary/aromatic N) is 2. The quantitative estimate of drug-likeness (QED) is 0.328. The largest absolute Gasteiger partial charge is 0.363 e. The van der Waals surface area contributed by atoms with Crippen molar-refractivity contribution in [3.63, 3.8) is 0 Å². The van der Waals surface area contributed by atoms with E-state index in [1.165, 1.54) is 0 Å². The van der Waals surface area contributed by atoms with Crippen molar-refractivity contribution >= 4 is 23.3 Å². The van der Waals surface area contributed by atoms with Crippen LogP contribution in [0.3, 0.4) is 0 Å². The molecule has 1 saturated heterocycles. The van der Waals surface area contributed by atoms with E-state index in [1.54, 1.807) is 6.92 Å². The molecule has 5 nitrogen and oxygen atoms in total. The molecule has 4 N–H and O–H groups in total. The van der Waals surface area contributed by atoms with Crippen LogP contribution in [0.5, 0.6) is 0 Å². The Bertz CT molecular complexity index is 309. The normalized spacial score (nSPS) is 22.4. The van der Waals surface area contributed by atoms with Gasteiger partial charge in [-0.15, -0.1) is 0 Å². The molecule has 1 fully saturated rings. The van der Waals surface area contributed by atoms with E-state index in [0.29, 0.717) is 6.54 Å². The van der Waals surface area contributed by atoms with E-state index in [-0.39, 0.29) is 11.3 Å². The summed E-state index contributed by atoms with van der Waals surface area (Å²) in [6.07, 6.45) is 1.87. The van der Waals surface area contributed by atoms with Crippen LogP contribution in [0.25, 0.3) is 0 Å². The monoisotopic (exact) mass is 260 g/mol. The zero-order valence-corrected chi connectivity index (χ0v) is 11.2. The first-order chi connectivity index (χ1) is 7.88. The maximum Gasteiger partial charge on any atom is 0.284 e. The Hall–Kier alpha value is -0.810. The van der Waals surface area contributed by atoms with E-state index >= 15 is 0 Å². The highest BCUT2D eigenvalue weighted by atomic mass is 35.5. The summed E-state index contributed by atoms with van der Waals surface area (Å²) in [4.78, 5) is 17.3. The number of aliphatic imine (C=N–C) groups is 1. The number of rotatable bonds is 2.